The molecule has 0 aliphatic carbocycles. The maximum Gasteiger partial charge on any atom is 0.186 e. The molecule has 0 spiro atoms. The lowest BCUT2D eigenvalue weighted by molar-refractivity contribution is 0.328. The van der Waals surface area contributed by atoms with Gasteiger partial charge < -0.3 is 4.43 Å². The summed E-state index contributed by atoms with van der Waals surface area (Å²) in [7, 11) is -1.72. The minimum Gasteiger partial charge on any atom is -0.418 e. The van der Waals surface area contributed by atoms with Crippen molar-refractivity contribution in [1.82, 2.24) is 0 Å². The van der Waals surface area contributed by atoms with Gasteiger partial charge >= 0.3 is 0 Å². The van der Waals surface area contributed by atoms with E-state index >= 15 is 0 Å². The van der Waals surface area contributed by atoms with E-state index in [-0.39, 0.29) is 12.0 Å². The summed E-state index contributed by atoms with van der Waals surface area (Å²) in [6.45, 7) is 6.76. The van der Waals surface area contributed by atoms with E-state index in [2.05, 4.69) is 13.1 Å². The number of hydrogen-bond donors (Lipinski definition) is 0. The van der Waals surface area contributed by atoms with Gasteiger partial charge in [-0.25, -0.2) is 13.2 Å². The van der Waals surface area contributed by atoms with Crippen molar-refractivity contribution in [2.45, 2.75) is 38.9 Å². The fraction of sp³-hybridized carbons (Fsp3) is 0.538. The summed E-state index contributed by atoms with van der Waals surface area (Å²) in [4.78, 5) is 0. The molecule has 1 aromatic rings. The van der Waals surface area contributed by atoms with Gasteiger partial charge in [0.1, 0.15) is 17.5 Å². The Labute approximate surface area is 107 Å². The van der Waals surface area contributed by atoms with E-state index in [0.29, 0.717) is 13.0 Å². The molecule has 0 radical (unpaired) electrons. The third-order valence-corrected chi connectivity index (χ3v) is 5.47. The van der Waals surface area contributed by atoms with Gasteiger partial charge in [0.15, 0.2) is 8.32 Å². The van der Waals surface area contributed by atoms with Gasteiger partial charge in [-0.1, -0.05) is 0 Å². The van der Waals surface area contributed by atoms with Crippen molar-refractivity contribution in [3.05, 3.63) is 35.1 Å². The van der Waals surface area contributed by atoms with Gasteiger partial charge in [0, 0.05) is 24.3 Å². The first-order valence-corrected chi connectivity index (χ1v) is 9.24. The van der Waals surface area contributed by atoms with Crippen LogP contribution in [0.3, 0.4) is 0 Å². The summed E-state index contributed by atoms with van der Waals surface area (Å²) in [6.07, 6.45) is 0.931. The van der Waals surface area contributed by atoms with Crippen molar-refractivity contribution in [1.29, 1.82) is 0 Å². The molecule has 0 aromatic heterocycles. The van der Waals surface area contributed by atoms with Crippen LogP contribution < -0.4 is 0 Å². The van der Waals surface area contributed by atoms with Gasteiger partial charge in [-0.15, -0.1) is 0 Å². The molecule has 5 heteroatoms. The highest BCUT2D eigenvalue weighted by Gasteiger charge is 2.21. The van der Waals surface area contributed by atoms with E-state index in [9.17, 15) is 13.2 Å². The highest BCUT2D eigenvalue weighted by Crippen LogP contribution is 2.20. The molecule has 0 saturated heterocycles. The van der Waals surface area contributed by atoms with Crippen molar-refractivity contribution in [3.8, 4) is 0 Å². The first kappa shape index (κ1) is 15.2. The van der Waals surface area contributed by atoms with E-state index in [4.69, 9.17) is 4.43 Å². The second-order valence-electron chi connectivity index (χ2n) is 4.89. The molecule has 1 aromatic carbocycles. The zero-order valence-corrected chi connectivity index (χ0v) is 12.0. The van der Waals surface area contributed by atoms with Gasteiger partial charge in [0.2, 0.25) is 0 Å². The molecule has 1 rings (SSSR count). The molecule has 0 unspecified atom stereocenters. The SMILES string of the molecule is CCO[Si](C)(C)CCCc1c(F)cc(F)cc1F. The predicted octanol–water partition coefficient (Wildman–Crippen LogP) is 4.28. The van der Waals surface area contributed by atoms with E-state index in [1.54, 1.807) is 0 Å². The Kier molecular flexibility index (Phi) is 5.41. The maximum absolute atomic E-state index is 13.4. The monoisotopic (exact) mass is 276 g/mol. The fourth-order valence-corrected chi connectivity index (χ4v) is 3.92. The Morgan fingerprint density at radius 1 is 1.11 bits per heavy atom. The maximum atomic E-state index is 13.4. The zero-order chi connectivity index (χ0) is 13.8. The van der Waals surface area contributed by atoms with Crippen LogP contribution in [-0.4, -0.2) is 14.9 Å². The van der Waals surface area contributed by atoms with Crippen LogP contribution in [0.5, 0.6) is 0 Å². The number of halogens is 3. The Balaban J connectivity index is 2.59. The molecule has 1 nitrogen and oxygen atoms in total. The van der Waals surface area contributed by atoms with Crippen LogP contribution in [0.25, 0.3) is 0 Å². The van der Waals surface area contributed by atoms with Crippen LogP contribution in [0.1, 0.15) is 18.9 Å². The average Bonchev–Trinajstić information content (AvgIpc) is 2.21. The quantitative estimate of drug-likeness (QED) is 0.705. The van der Waals surface area contributed by atoms with Crippen LogP contribution in [0.4, 0.5) is 13.2 Å². The minimum atomic E-state index is -1.72. The molecule has 0 heterocycles. The Bertz CT molecular complexity index is 384. The summed E-state index contributed by atoms with van der Waals surface area (Å²) >= 11 is 0. The second kappa shape index (κ2) is 6.38. The van der Waals surface area contributed by atoms with Gasteiger partial charge in [0.05, 0.1) is 0 Å². The van der Waals surface area contributed by atoms with Crippen molar-refractivity contribution in [2.75, 3.05) is 6.61 Å². The van der Waals surface area contributed by atoms with E-state index < -0.39 is 25.8 Å². The molecule has 0 bridgehead atoms. The molecular formula is C13H19F3OSi. The summed E-state index contributed by atoms with van der Waals surface area (Å²) in [5.74, 6) is -2.48. The summed E-state index contributed by atoms with van der Waals surface area (Å²) < 4.78 is 45.1. The Hall–Kier alpha value is -0.813. The third kappa shape index (κ3) is 4.46. The fourth-order valence-electron chi connectivity index (χ4n) is 1.96. The van der Waals surface area contributed by atoms with Crippen LogP contribution in [0.15, 0.2) is 12.1 Å². The first-order valence-electron chi connectivity index (χ1n) is 6.13. The summed E-state index contributed by atoms with van der Waals surface area (Å²) in [6, 6.07) is 2.28. The molecule has 0 atom stereocenters. The van der Waals surface area contributed by atoms with Gasteiger partial charge in [-0.3, -0.25) is 0 Å². The molecule has 0 N–H and O–H groups in total. The van der Waals surface area contributed by atoms with Gasteiger partial charge in [0.25, 0.3) is 0 Å². The molecular weight excluding hydrogens is 257 g/mol. The molecule has 18 heavy (non-hydrogen) atoms. The molecule has 0 saturated carbocycles. The number of benzene rings is 1. The lowest BCUT2D eigenvalue weighted by Gasteiger charge is -2.21. The average molecular weight is 276 g/mol. The zero-order valence-electron chi connectivity index (χ0n) is 11.0. The lowest BCUT2D eigenvalue weighted by Crippen LogP contribution is -2.30. The van der Waals surface area contributed by atoms with Crippen molar-refractivity contribution < 1.29 is 17.6 Å². The van der Waals surface area contributed by atoms with Crippen LogP contribution >= 0.6 is 0 Å². The van der Waals surface area contributed by atoms with E-state index in [1.807, 2.05) is 6.92 Å². The molecule has 0 amide bonds. The predicted molar refractivity (Wildman–Crippen MR) is 68.6 cm³/mol. The molecule has 102 valence electrons. The van der Waals surface area contributed by atoms with Crippen LogP contribution in [0, 0.1) is 17.5 Å². The molecule has 0 fully saturated rings. The topological polar surface area (TPSA) is 9.23 Å². The number of hydrogen-bond acceptors (Lipinski definition) is 1. The highest BCUT2D eigenvalue weighted by atomic mass is 28.4. The largest absolute Gasteiger partial charge is 0.418 e. The highest BCUT2D eigenvalue weighted by molar-refractivity contribution is 6.71. The summed E-state index contributed by atoms with van der Waals surface area (Å²) in [5.41, 5.74) is -0.0299. The van der Waals surface area contributed by atoms with Crippen molar-refractivity contribution in [3.63, 3.8) is 0 Å². The molecule has 0 aliphatic heterocycles. The third-order valence-electron chi connectivity index (χ3n) is 2.85. The van der Waals surface area contributed by atoms with E-state index in [0.717, 1.165) is 18.2 Å². The van der Waals surface area contributed by atoms with Crippen LogP contribution in [-0.2, 0) is 10.8 Å². The molecule has 0 aliphatic rings. The lowest BCUT2D eigenvalue weighted by atomic mass is 10.1. The minimum absolute atomic E-state index is 0.0299. The van der Waals surface area contributed by atoms with Crippen LogP contribution in [0.2, 0.25) is 19.1 Å². The van der Waals surface area contributed by atoms with Crippen molar-refractivity contribution >= 4 is 8.32 Å². The Morgan fingerprint density at radius 3 is 2.17 bits per heavy atom. The van der Waals surface area contributed by atoms with Gasteiger partial charge in [-0.05, 0) is 38.9 Å². The Morgan fingerprint density at radius 2 is 1.67 bits per heavy atom. The first-order chi connectivity index (χ1) is 8.35. The number of rotatable bonds is 6. The second-order valence-corrected chi connectivity index (χ2v) is 9.20. The van der Waals surface area contributed by atoms with E-state index in [1.165, 1.54) is 0 Å². The van der Waals surface area contributed by atoms with Crippen molar-refractivity contribution in [2.24, 2.45) is 0 Å². The smallest absolute Gasteiger partial charge is 0.186 e. The standard InChI is InChI=1S/C13H19F3OSi/c1-4-17-18(2,3)7-5-6-11-12(15)8-10(14)9-13(11)16/h8-9H,4-7H2,1-3H3. The normalized spacial score (nSPS) is 11.9. The van der Waals surface area contributed by atoms with Gasteiger partial charge in [-0.2, -0.15) is 0 Å². The summed E-state index contributed by atoms with van der Waals surface area (Å²) in [5, 5.41) is 0.